The Bertz CT molecular complexity index is 690. The minimum atomic E-state index is -2.61. The average molecular weight is 318 g/mol. The zero-order chi connectivity index (χ0) is 16.2. The van der Waals surface area contributed by atoms with E-state index < -0.39 is 6.60 Å². The third-order valence-corrected chi connectivity index (χ3v) is 10.7. The molecule has 3 rings (SSSR count). The summed E-state index contributed by atoms with van der Waals surface area (Å²) in [7, 11) is 0. The molecule has 0 radical (unpaired) electrons. The van der Waals surface area contributed by atoms with Crippen LogP contribution in [0.4, 0.5) is 0 Å². The van der Waals surface area contributed by atoms with Gasteiger partial charge in [-0.25, -0.2) is 0 Å². The molecule has 0 aliphatic carbocycles. The van der Waals surface area contributed by atoms with Gasteiger partial charge in [-0.1, -0.05) is 0 Å². The van der Waals surface area contributed by atoms with E-state index in [1.165, 1.54) is 15.9 Å². The summed E-state index contributed by atoms with van der Waals surface area (Å²) < 4.78 is 0. The summed E-state index contributed by atoms with van der Waals surface area (Å²) in [5.41, 5.74) is 0. The fourth-order valence-electron chi connectivity index (χ4n) is 3.51. The number of hydrogen-bond donors (Lipinski definition) is 0. The maximum atomic E-state index is 2.45. The van der Waals surface area contributed by atoms with Crippen molar-refractivity contribution < 1.29 is 0 Å². The first kappa shape index (κ1) is 15.7. The van der Waals surface area contributed by atoms with Crippen LogP contribution in [0.5, 0.6) is 0 Å². The van der Waals surface area contributed by atoms with E-state index in [0.29, 0.717) is 0 Å². The SMILES string of the molecule is CC=CP(C)(c1ccccc1)(c1ccccc1)c1ccccc1. The van der Waals surface area contributed by atoms with E-state index in [0.717, 1.165) is 0 Å². The molecule has 0 N–H and O–H groups in total. The van der Waals surface area contributed by atoms with Crippen LogP contribution in [0.2, 0.25) is 0 Å². The van der Waals surface area contributed by atoms with Crippen molar-refractivity contribution in [1.82, 2.24) is 0 Å². The Kier molecular flexibility index (Phi) is 4.20. The molecule has 0 atom stereocenters. The van der Waals surface area contributed by atoms with Gasteiger partial charge >= 0.3 is 139 Å². The van der Waals surface area contributed by atoms with E-state index in [1.807, 2.05) is 0 Å². The van der Waals surface area contributed by atoms with Gasteiger partial charge in [0, 0.05) is 0 Å². The number of rotatable bonds is 4. The van der Waals surface area contributed by atoms with E-state index in [1.54, 1.807) is 0 Å². The van der Waals surface area contributed by atoms with Crippen molar-refractivity contribution in [2.45, 2.75) is 6.92 Å². The third-order valence-electron chi connectivity index (χ3n) is 4.79. The van der Waals surface area contributed by atoms with E-state index in [4.69, 9.17) is 0 Å². The maximum absolute atomic E-state index is 2.61. The Morgan fingerprint density at radius 2 is 0.870 bits per heavy atom. The monoisotopic (exact) mass is 318 g/mol. The molecule has 0 bridgehead atoms. The second kappa shape index (κ2) is 6.14. The summed E-state index contributed by atoms with van der Waals surface area (Å²) in [5, 5.41) is 4.19. The zero-order valence-corrected chi connectivity index (χ0v) is 14.7. The Labute approximate surface area is 139 Å². The van der Waals surface area contributed by atoms with Crippen molar-refractivity contribution in [1.29, 1.82) is 0 Å². The second-order valence-electron chi connectivity index (χ2n) is 6.14. The van der Waals surface area contributed by atoms with E-state index >= 15 is 0 Å². The van der Waals surface area contributed by atoms with Gasteiger partial charge < -0.3 is 0 Å². The third kappa shape index (κ3) is 2.44. The molecule has 0 fully saturated rings. The molecule has 116 valence electrons. The van der Waals surface area contributed by atoms with Gasteiger partial charge in [-0.3, -0.25) is 0 Å². The fourth-order valence-corrected chi connectivity index (χ4v) is 8.49. The normalized spacial score (nSPS) is 13.6. The van der Waals surface area contributed by atoms with E-state index in [-0.39, 0.29) is 0 Å². The molecular weight excluding hydrogens is 295 g/mol. The van der Waals surface area contributed by atoms with Gasteiger partial charge in [0.05, 0.1) is 0 Å². The number of benzene rings is 3. The van der Waals surface area contributed by atoms with Gasteiger partial charge in [0.1, 0.15) is 0 Å². The van der Waals surface area contributed by atoms with Crippen LogP contribution in [-0.2, 0) is 0 Å². The molecule has 0 unspecified atom stereocenters. The summed E-state index contributed by atoms with van der Waals surface area (Å²) in [6.45, 7) is 1.96. The Morgan fingerprint density at radius 3 is 1.13 bits per heavy atom. The Hall–Kier alpha value is -2.17. The van der Waals surface area contributed by atoms with E-state index in [2.05, 4.69) is 116 Å². The first-order chi connectivity index (χ1) is 11.2. The van der Waals surface area contributed by atoms with Crippen LogP contribution < -0.4 is 15.9 Å². The number of hydrogen-bond acceptors (Lipinski definition) is 0. The summed E-state index contributed by atoms with van der Waals surface area (Å²) in [4.78, 5) is 0. The summed E-state index contributed by atoms with van der Waals surface area (Å²) in [5.74, 6) is 2.45. The van der Waals surface area contributed by atoms with Gasteiger partial charge in [-0.05, 0) is 0 Å². The Morgan fingerprint density at radius 1 is 0.565 bits per heavy atom. The molecular formula is C22H23P. The van der Waals surface area contributed by atoms with Crippen molar-refractivity contribution in [2.75, 3.05) is 6.66 Å². The molecule has 0 saturated heterocycles. The van der Waals surface area contributed by atoms with Crippen molar-refractivity contribution in [2.24, 2.45) is 0 Å². The summed E-state index contributed by atoms with van der Waals surface area (Å²) in [6.07, 6.45) is 2.21. The zero-order valence-electron chi connectivity index (χ0n) is 13.8. The molecule has 3 aromatic rings. The van der Waals surface area contributed by atoms with Crippen molar-refractivity contribution in [3.63, 3.8) is 0 Å². The first-order valence-electron chi connectivity index (χ1n) is 8.02. The molecule has 0 heterocycles. The van der Waals surface area contributed by atoms with Gasteiger partial charge in [0.25, 0.3) is 0 Å². The van der Waals surface area contributed by atoms with Gasteiger partial charge in [-0.2, -0.15) is 0 Å². The van der Waals surface area contributed by atoms with Crippen LogP contribution in [0.15, 0.2) is 103 Å². The van der Waals surface area contributed by atoms with Crippen LogP contribution in [0, 0.1) is 0 Å². The predicted molar refractivity (Wildman–Crippen MR) is 106 cm³/mol. The molecule has 0 aliphatic heterocycles. The van der Waals surface area contributed by atoms with Gasteiger partial charge in [0.15, 0.2) is 0 Å². The quantitative estimate of drug-likeness (QED) is 0.613. The Balaban J connectivity index is 2.46. The van der Waals surface area contributed by atoms with Crippen LogP contribution in [-0.4, -0.2) is 6.66 Å². The van der Waals surface area contributed by atoms with E-state index in [9.17, 15) is 0 Å². The van der Waals surface area contributed by atoms with Crippen molar-refractivity contribution in [3.8, 4) is 0 Å². The summed E-state index contributed by atoms with van der Waals surface area (Å²) >= 11 is 0. The van der Waals surface area contributed by atoms with Crippen LogP contribution in [0.25, 0.3) is 0 Å². The molecule has 23 heavy (non-hydrogen) atoms. The average Bonchev–Trinajstić information content (AvgIpc) is 2.64. The molecule has 3 aromatic carbocycles. The second-order valence-corrected chi connectivity index (χ2v) is 11.3. The van der Waals surface area contributed by atoms with Gasteiger partial charge in [0.2, 0.25) is 0 Å². The van der Waals surface area contributed by atoms with Crippen LogP contribution in [0.3, 0.4) is 0 Å². The topological polar surface area (TPSA) is 0 Å². The van der Waals surface area contributed by atoms with Crippen LogP contribution in [0.1, 0.15) is 6.92 Å². The molecule has 0 saturated carbocycles. The molecule has 0 aromatic heterocycles. The first-order valence-corrected chi connectivity index (χ1v) is 10.8. The standard InChI is InChI=1S/C22H23P/c1-3-19-23(2,20-13-7-4-8-14-20,21-15-9-5-10-16-21)22-17-11-6-12-18-22/h3-19H,1-2H3. The molecule has 0 amide bonds. The summed E-state index contributed by atoms with van der Waals surface area (Å²) in [6, 6.07) is 32.8. The molecule has 0 aliphatic rings. The minimum absolute atomic E-state index is 1.40. The predicted octanol–water partition coefficient (Wildman–Crippen LogP) is 4.68. The van der Waals surface area contributed by atoms with Gasteiger partial charge in [-0.15, -0.1) is 0 Å². The van der Waals surface area contributed by atoms with Crippen LogP contribution >= 0.6 is 6.60 Å². The fraction of sp³-hybridized carbons (Fsp3) is 0.0909. The number of allylic oxidation sites excluding steroid dienone is 1. The van der Waals surface area contributed by atoms with Crippen molar-refractivity contribution in [3.05, 3.63) is 103 Å². The van der Waals surface area contributed by atoms with Crippen molar-refractivity contribution >= 4 is 22.5 Å². The molecule has 0 nitrogen and oxygen atoms in total. The molecule has 1 heteroatoms. The molecule has 0 spiro atoms.